The van der Waals surface area contributed by atoms with Gasteiger partial charge in [-0.25, -0.2) is 0 Å². The first-order valence-corrected chi connectivity index (χ1v) is 8.81. The highest BCUT2D eigenvalue weighted by molar-refractivity contribution is 5.40. The quantitative estimate of drug-likeness (QED) is 0.710. The predicted octanol–water partition coefficient (Wildman–Crippen LogP) is 4.96. The molecule has 0 amide bonds. The van der Waals surface area contributed by atoms with Crippen molar-refractivity contribution >= 4 is 0 Å². The van der Waals surface area contributed by atoms with Crippen molar-refractivity contribution in [3.8, 4) is 0 Å². The number of aliphatic hydroxyl groups is 1. The molecule has 0 spiro atoms. The first-order valence-electron chi connectivity index (χ1n) is 8.81. The Bertz CT molecular complexity index is 732. The zero-order valence-corrected chi connectivity index (χ0v) is 14.7. The Kier molecular flexibility index (Phi) is 5.46. The average Bonchev–Trinajstić information content (AvgIpc) is 2.67. The molecule has 1 fully saturated rings. The molecule has 28 heavy (non-hydrogen) atoms. The number of benzene rings is 2. The van der Waals surface area contributed by atoms with E-state index in [-0.39, 0.29) is 17.0 Å². The van der Waals surface area contributed by atoms with Gasteiger partial charge < -0.3 is 10.4 Å². The Morgan fingerprint density at radius 2 is 0.964 bits per heavy atom. The number of nitrogens with one attached hydrogen (secondary N) is 1. The lowest BCUT2D eigenvalue weighted by Gasteiger charge is -2.40. The smallest absolute Gasteiger partial charge is 0.380 e. The highest BCUT2D eigenvalue weighted by atomic mass is 19.4. The van der Waals surface area contributed by atoms with Crippen LogP contribution in [0.5, 0.6) is 0 Å². The molecule has 8 heteroatoms. The summed E-state index contributed by atoms with van der Waals surface area (Å²) in [5.74, 6) is -0.345. The second-order valence-electron chi connectivity index (χ2n) is 6.94. The van der Waals surface area contributed by atoms with Crippen LogP contribution in [-0.4, -0.2) is 18.2 Å². The van der Waals surface area contributed by atoms with Crippen molar-refractivity contribution in [1.82, 2.24) is 5.32 Å². The number of piperidine rings is 1. The van der Waals surface area contributed by atoms with Crippen LogP contribution in [0.2, 0.25) is 0 Å². The monoisotopic (exact) mass is 403 g/mol. The molecule has 1 aliphatic rings. The maximum absolute atomic E-state index is 12.9. The summed E-state index contributed by atoms with van der Waals surface area (Å²) in [5.41, 5.74) is -2.93. The lowest BCUT2D eigenvalue weighted by atomic mass is 9.72. The van der Waals surface area contributed by atoms with Crippen molar-refractivity contribution in [3.63, 3.8) is 0 Å². The van der Waals surface area contributed by atoms with E-state index in [9.17, 15) is 31.4 Å². The van der Waals surface area contributed by atoms with Gasteiger partial charge >= 0.3 is 12.4 Å². The van der Waals surface area contributed by atoms with Gasteiger partial charge in [0.1, 0.15) is 5.60 Å². The Morgan fingerprint density at radius 3 is 1.29 bits per heavy atom. The first-order chi connectivity index (χ1) is 13.0. The van der Waals surface area contributed by atoms with E-state index in [2.05, 4.69) is 5.32 Å². The second-order valence-corrected chi connectivity index (χ2v) is 6.94. The lowest BCUT2D eigenvalue weighted by molar-refractivity contribution is -0.138. The summed E-state index contributed by atoms with van der Waals surface area (Å²) in [4.78, 5) is 0. The van der Waals surface area contributed by atoms with E-state index in [4.69, 9.17) is 0 Å². The van der Waals surface area contributed by atoms with Gasteiger partial charge in [-0.3, -0.25) is 0 Å². The minimum atomic E-state index is -4.51. The molecule has 2 aromatic rings. The normalized spacial score (nSPS) is 17.0. The van der Waals surface area contributed by atoms with Crippen LogP contribution < -0.4 is 5.32 Å². The maximum atomic E-state index is 12.9. The third-order valence-corrected chi connectivity index (χ3v) is 5.23. The Morgan fingerprint density at radius 1 is 0.643 bits per heavy atom. The summed E-state index contributed by atoms with van der Waals surface area (Å²) in [7, 11) is 0. The standard InChI is InChI=1S/C20H19F6NO/c21-19(22,23)16-5-1-13(2-6-16)18(28,15-9-11-27-12-10-15)14-3-7-17(8-4-14)20(24,25)26/h1-8,15,27-28H,9-12H2. The molecule has 3 rings (SSSR count). The van der Waals surface area contributed by atoms with Crippen molar-refractivity contribution in [1.29, 1.82) is 0 Å². The van der Waals surface area contributed by atoms with Gasteiger partial charge in [0.25, 0.3) is 0 Å². The number of rotatable bonds is 3. The second kappa shape index (κ2) is 7.40. The fourth-order valence-electron chi connectivity index (χ4n) is 3.70. The van der Waals surface area contributed by atoms with E-state index in [1.54, 1.807) is 0 Å². The molecule has 1 heterocycles. The van der Waals surface area contributed by atoms with Crippen molar-refractivity contribution in [2.75, 3.05) is 13.1 Å². The number of hydrogen-bond donors (Lipinski definition) is 2. The molecule has 1 saturated heterocycles. The van der Waals surface area contributed by atoms with Gasteiger partial charge in [0, 0.05) is 0 Å². The molecule has 2 N–H and O–H groups in total. The van der Waals surface area contributed by atoms with Crippen LogP contribution in [0.15, 0.2) is 48.5 Å². The molecule has 2 nitrogen and oxygen atoms in total. The zero-order chi connectivity index (χ0) is 20.6. The topological polar surface area (TPSA) is 32.3 Å². The summed E-state index contributed by atoms with van der Waals surface area (Å²) >= 11 is 0. The Hall–Kier alpha value is -2.06. The van der Waals surface area contributed by atoms with Crippen LogP contribution >= 0.6 is 0 Å². The van der Waals surface area contributed by atoms with E-state index in [0.29, 0.717) is 25.9 Å². The van der Waals surface area contributed by atoms with Crippen molar-refractivity contribution in [2.24, 2.45) is 5.92 Å². The predicted molar refractivity (Wildman–Crippen MR) is 91.5 cm³/mol. The summed E-state index contributed by atoms with van der Waals surface area (Å²) < 4.78 is 77.2. The van der Waals surface area contributed by atoms with E-state index in [1.807, 2.05) is 0 Å². The largest absolute Gasteiger partial charge is 0.416 e. The molecule has 0 saturated carbocycles. The maximum Gasteiger partial charge on any atom is 0.416 e. The molecule has 0 atom stereocenters. The van der Waals surface area contributed by atoms with Crippen LogP contribution in [0.25, 0.3) is 0 Å². The van der Waals surface area contributed by atoms with Gasteiger partial charge in [-0.2, -0.15) is 26.3 Å². The first kappa shape index (κ1) is 20.7. The van der Waals surface area contributed by atoms with E-state index in [0.717, 1.165) is 24.3 Å². The lowest BCUT2D eigenvalue weighted by Crippen LogP contribution is -2.42. The molecule has 1 aliphatic heterocycles. The Balaban J connectivity index is 2.05. The van der Waals surface area contributed by atoms with Crippen LogP contribution in [0.1, 0.15) is 35.1 Å². The SMILES string of the molecule is OC(c1ccc(C(F)(F)F)cc1)(c1ccc(C(F)(F)F)cc1)C1CCNCC1. The van der Waals surface area contributed by atoms with Gasteiger partial charge in [0.05, 0.1) is 11.1 Å². The zero-order valence-electron chi connectivity index (χ0n) is 14.7. The molecular weight excluding hydrogens is 384 g/mol. The summed E-state index contributed by atoms with van der Waals surface area (Å²) in [6, 6.07) is 8.31. The fraction of sp³-hybridized carbons (Fsp3) is 0.400. The van der Waals surface area contributed by atoms with Crippen molar-refractivity contribution in [3.05, 3.63) is 70.8 Å². The fourth-order valence-corrected chi connectivity index (χ4v) is 3.70. The average molecular weight is 403 g/mol. The molecular formula is C20H19F6NO. The van der Waals surface area contributed by atoms with E-state index < -0.39 is 29.1 Å². The molecule has 0 unspecified atom stereocenters. The summed E-state index contributed by atoms with van der Waals surface area (Å²) in [5, 5.41) is 14.7. The van der Waals surface area contributed by atoms with E-state index >= 15 is 0 Å². The number of halogens is 6. The van der Waals surface area contributed by atoms with Crippen LogP contribution in [-0.2, 0) is 18.0 Å². The minimum Gasteiger partial charge on any atom is -0.380 e. The van der Waals surface area contributed by atoms with Gasteiger partial charge in [-0.1, -0.05) is 24.3 Å². The third kappa shape index (κ3) is 4.03. The highest BCUT2D eigenvalue weighted by Crippen LogP contribution is 2.43. The Labute approximate surface area is 158 Å². The number of alkyl halides is 6. The number of hydrogen-bond acceptors (Lipinski definition) is 2. The van der Waals surface area contributed by atoms with Crippen molar-refractivity contribution < 1.29 is 31.4 Å². The highest BCUT2D eigenvalue weighted by Gasteiger charge is 2.42. The molecule has 0 bridgehead atoms. The van der Waals surface area contributed by atoms with Gasteiger partial charge in [0.2, 0.25) is 0 Å². The molecule has 0 radical (unpaired) electrons. The van der Waals surface area contributed by atoms with Crippen molar-refractivity contribution in [2.45, 2.75) is 30.8 Å². The van der Waals surface area contributed by atoms with Gasteiger partial charge in [0.15, 0.2) is 0 Å². The van der Waals surface area contributed by atoms with Gasteiger partial charge in [-0.05, 0) is 67.2 Å². The molecule has 2 aromatic carbocycles. The third-order valence-electron chi connectivity index (χ3n) is 5.23. The van der Waals surface area contributed by atoms with E-state index in [1.165, 1.54) is 24.3 Å². The summed E-state index contributed by atoms with van der Waals surface area (Å²) in [6.07, 6.45) is -7.95. The van der Waals surface area contributed by atoms with Gasteiger partial charge in [-0.15, -0.1) is 0 Å². The van der Waals surface area contributed by atoms with Crippen LogP contribution in [0, 0.1) is 5.92 Å². The minimum absolute atomic E-state index is 0.229. The molecule has 0 aliphatic carbocycles. The van der Waals surface area contributed by atoms with Crippen LogP contribution in [0.4, 0.5) is 26.3 Å². The van der Waals surface area contributed by atoms with Crippen LogP contribution in [0.3, 0.4) is 0 Å². The molecule has 152 valence electrons. The molecule has 0 aromatic heterocycles. The summed E-state index contributed by atoms with van der Waals surface area (Å²) in [6.45, 7) is 1.21.